The highest BCUT2D eigenvalue weighted by Crippen LogP contribution is 2.25. The fourth-order valence-electron chi connectivity index (χ4n) is 4.04. The summed E-state index contributed by atoms with van der Waals surface area (Å²) in [6, 6.07) is 14.3. The lowest BCUT2D eigenvalue weighted by Crippen LogP contribution is -2.16. The van der Waals surface area contributed by atoms with Gasteiger partial charge in [0.25, 0.3) is 5.91 Å². The summed E-state index contributed by atoms with van der Waals surface area (Å²) in [6.07, 6.45) is 0. The van der Waals surface area contributed by atoms with Gasteiger partial charge in [-0.05, 0) is 58.7 Å². The standard InChI is InChI=1S/C27H30N4O3/c1-16-8-7-9-22(13-16)14-31-20(5)25(19(4)29-31)28-27(32)26-23(21(6)34-30-26)15-33-24-11-10-17(2)12-18(24)3/h7-13H,14-15H2,1-6H3,(H,28,32). The second-order valence-electron chi connectivity index (χ2n) is 8.77. The number of benzene rings is 2. The molecule has 4 rings (SSSR count). The van der Waals surface area contributed by atoms with Gasteiger partial charge in [-0.25, -0.2) is 0 Å². The summed E-state index contributed by atoms with van der Waals surface area (Å²) >= 11 is 0. The van der Waals surface area contributed by atoms with Gasteiger partial charge in [0.15, 0.2) is 5.69 Å². The van der Waals surface area contributed by atoms with Gasteiger partial charge < -0.3 is 14.6 Å². The van der Waals surface area contributed by atoms with Crippen LogP contribution in [0.1, 0.15) is 55.5 Å². The number of anilines is 1. The molecule has 0 saturated heterocycles. The first-order valence-electron chi connectivity index (χ1n) is 11.3. The minimum Gasteiger partial charge on any atom is -0.488 e. The third kappa shape index (κ3) is 4.88. The first kappa shape index (κ1) is 23.3. The SMILES string of the molecule is Cc1cccc(Cn2nc(C)c(NC(=O)c3noc(C)c3COc3ccc(C)cc3C)c2C)c1. The monoisotopic (exact) mass is 458 g/mol. The molecule has 1 amide bonds. The molecule has 0 atom stereocenters. The molecule has 0 fully saturated rings. The normalized spacial score (nSPS) is 11.0. The minimum absolute atomic E-state index is 0.187. The maximum absolute atomic E-state index is 13.2. The highest BCUT2D eigenvalue weighted by atomic mass is 16.5. The van der Waals surface area contributed by atoms with E-state index in [0.717, 1.165) is 28.3 Å². The third-order valence-corrected chi connectivity index (χ3v) is 5.94. The molecule has 176 valence electrons. The summed E-state index contributed by atoms with van der Waals surface area (Å²) in [5, 5.41) is 11.6. The summed E-state index contributed by atoms with van der Waals surface area (Å²) in [4.78, 5) is 13.2. The van der Waals surface area contributed by atoms with Crippen LogP contribution >= 0.6 is 0 Å². The average Bonchev–Trinajstić information content (AvgIpc) is 3.27. The molecular formula is C27H30N4O3. The molecule has 0 radical (unpaired) electrons. The van der Waals surface area contributed by atoms with Crippen molar-refractivity contribution in [3.05, 3.63) is 93.1 Å². The number of hydrogen-bond donors (Lipinski definition) is 1. The molecule has 0 saturated carbocycles. The predicted octanol–water partition coefficient (Wildman–Crippen LogP) is 5.60. The Kier molecular flexibility index (Phi) is 6.54. The Labute approximate surface area is 199 Å². The van der Waals surface area contributed by atoms with Crippen molar-refractivity contribution in [2.75, 3.05) is 5.32 Å². The molecule has 0 bridgehead atoms. The first-order chi connectivity index (χ1) is 16.2. The molecule has 0 aliphatic heterocycles. The number of carbonyl (C=O) groups excluding carboxylic acids is 1. The van der Waals surface area contributed by atoms with Gasteiger partial charge in [-0.15, -0.1) is 0 Å². The lowest BCUT2D eigenvalue weighted by atomic mass is 10.1. The lowest BCUT2D eigenvalue weighted by Gasteiger charge is -2.10. The number of amides is 1. The van der Waals surface area contributed by atoms with Crippen LogP contribution in [0.25, 0.3) is 0 Å². The number of aromatic nitrogens is 3. The van der Waals surface area contributed by atoms with Crippen LogP contribution in [0.15, 0.2) is 47.0 Å². The zero-order valence-corrected chi connectivity index (χ0v) is 20.5. The molecule has 4 aromatic rings. The fraction of sp³-hybridized carbons (Fsp3) is 0.296. The van der Waals surface area contributed by atoms with E-state index >= 15 is 0 Å². The predicted molar refractivity (Wildman–Crippen MR) is 131 cm³/mol. The zero-order chi connectivity index (χ0) is 24.4. The van der Waals surface area contributed by atoms with E-state index in [9.17, 15) is 4.79 Å². The van der Waals surface area contributed by atoms with E-state index in [2.05, 4.69) is 46.8 Å². The quantitative estimate of drug-likeness (QED) is 0.390. The van der Waals surface area contributed by atoms with Crippen LogP contribution in [0.4, 0.5) is 5.69 Å². The summed E-state index contributed by atoms with van der Waals surface area (Å²) < 4.78 is 13.2. The van der Waals surface area contributed by atoms with Crippen LogP contribution in [0.2, 0.25) is 0 Å². The maximum atomic E-state index is 13.2. The van der Waals surface area contributed by atoms with Crippen LogP contribution in [0, 0.1) is 41.5 Å². The summed E-state index contributed by atoms with van der Waals surface area (Å²) in [5.74, 6) is 0.970. The van der Waals surface area contributed by atoms with Crippen molar-refractivity contribution in [2.24, 2.45) is 0 Å². The maximum Gasteiger partial charge on any atom is 0.278 e. The highest BCUT2D eigenvalue weighted by Gasteiger charge is 2.23. The zero-order valence-electron chi connectivity index (χ0n) is 20.5. The number of rotatable bonds is 7. The van der Waals surface area contributed by atoms with Crippen molar-refractivity contribution in [2.45, 2.75) is 54.7 Å². The Balaban J connectivity index is 1.52. The number of aryl methyl sites for hydroxylation is 5. The topological polar surface area (TPSA) is 82.2 Å². The van der Waals surface area contributed by atoms with E-state index in [4.69, 9.17) is 9.26 Å². The Morgan fingerprint density at radius 1 is 1.03 bits per heavy atom. The molecule has 2 aromatic heterocycles. The van der Waals surface area contributed by atoms with E-state index < -0.39 is 0 Å². The van der Waals surface area contributed by atoms with Gasteiger partial charge >= 0.3 is 0 Å². The molecule has 0 aliphatic rings. The molecule has 2 aromatic carbocycles. The van der Waals surface area contributed by atoms with Crippen molar-refractivity contribution >= 4 is 11.6 Å². The Morgan fingerprint density at radius 2 is 1.79 bits per heavy atom. The molecule has 7 nitrogen and oxygen atoms in total. The average molecular weight is 459 g/mol. The van der Waals surface area contributed by atoms with E-state index in [-0.39, 0.29) is 18.2 Å². The Morgan fingerprint density at radius 3 is 2.53 bits per heavy atom. The minimum atomic E-state index is -0.350. The highest BCUT2D eigenvalue weighted by molar-refractivity contribution is 6.04. The van der Waals surface area contributed by atoms with Gasteiger partial charge in [0.2, 0.25) is 0 Å². The molecule has 2 heterocycles. The van der Waals surface area contributed by atoms with E-state index in [0.29, 0.717) is 23.6 Å². The lowest BCUT2D eigenvalue weighted by molar-refractivity contribution is 0.101. The van der Waals surface area contributed by atoms with E-state index in [1.54, 1.807) is 6.92 Å². The molecule has 0 spiro atoms. The molecule has 1 N–H and O–H groups in total. The molecule has 34 heavy (non-hydrogen) atoms. The van der Waals surface area contributed by atoms with Crippen LogP contribution < -0.4 is 10.1 Å². The molecule has 7 heteroatoms. The summed E-state index contributed by atoms with van der Waals surface area (Å²) in [7, 11) is 0. The van der Waals surface area contributed by atoms with Crippen LogP contribution in [-0.4, -0.2) is 20.8 Å². The second kappa shape index (κ2) is 9.55. The summed E-state index contributed by atoms with van der Waals surface area (Å²) in [6.45, 7) is 12.5. The van der Waals surface area contributed by atoms with Gasteiger partial charge in [0.1, 0.15) is 18.1 Å². The fourth-order valence-corrected chi connectivity index (χ4v) is 4.04. The smallest absolute Gasteiger partial charge is 0.278 e. The second-order valence-corrected chi connectivity index (χ2v) is 8.77. The van der Waals surface area contributed by atoms with Crippen LogP contribution in [0.3, 0.4) is 0 Å². The number of ether oxygens (including phenoxy) is 1. The van der Waals surface area contributed by atoms with E-state index in [1.165, 1.54) is 11.1 Å². The third-order valence-electron chi connectivity index (χ3n) is 5.94. The van der Waals surface area contributed by atoms with Gasteiger partial charge in [-0.1, -0.05) is 52.7 Å². The molecule has 0 unspecified atom stereocenters. The van der Waals surface area contributed by atoms with Crippen molar-refractivity contribution in [1.82, 2.24) is 14.9 Å². The largest absolute Gasteiger partial charge is 0.488 e. The van der Waals surface area contributed by atoms with Crippen molar-refractivity contribution in [3.8, 4) is 5.75 Å². The van der Waals surface area contributed by atoms with Crippen molar-refractivity contribution < 1.29 is 14.1 Å². The Bertz CT molecular complexity index is 1350. The number of nitrogens with one attached hydrogen (secondary N) is 1. The van der Waals surface area contributed by atoms with Crippen molar-refractivity contribution in [3.63, 3.8) is 0 Å². The van der Waals surface area contributed by atoms with Gasteiger partial charge in [0.05, 0.1) is 29.2 Å². The van der Waals surface area contributed by atoms with Crippen LogP contribution in [-0.2, 0) is 13.2 Å². The first-order valence-corrected chi connectivity index (χ1v) is 11.3. The van der Waals surface area contributed by atoms with Crippen molar-refractivity contribution in [1.29, 1.82) is 0 Å². The van der Waals surface area contributed by atoms with Gasteiger partial charge in [0, 0.05) is 0 Å². The summed E-state index contributed by atoms with van der Waals surface area (Å²) in [5.41, 5.74) is 7.69. The van der Waals surface area contributed by atoms with Crippen LogP contribution in [0.5, 0.6) is 5.75 Å². The van der Waals surface area contributed by atoms with Gasteiger partial charge in [-0.3, -0.25) is 9.48 Å². The van der Waals surface area contributed by atoms with Gasteiger partial charge in [-0.2, -0.15) is 5.10 Å². The Hall–Kier alpha value is -3.87. The number of nitrogens with zero attached hydrogens (tertiary/aromatic N) is 3. The number of hydrogen-bond acceptors (Lipinski definition) is 5. The molecule has 0 aliphatic carbocycles. The number of carbonyl (C=O) groups is 1. The molecular weight excluding hydrogens is 428 g/mol. The van der Waals surface area contributed by atoms with E-state index in [1.807, 2.05) is 50.6 Å².